The average molecular weight is 395 g/mol. The number of rotatable bonds is 4. The van der Waals surface area contributed by atoms with Gasteiger partial charge in [-0.3, -0.25) is 0 Å². The van der Waals surface area contributed by atoms with E-state index in [0.717, 1.165) is 22.3 Å². The van der Waals surface area contributed by atoms with Crippen molar-refractivity contribution in [1.82, 2.24) is 10.3 Å². The molecule has 0 bridgehead atoms. The number of aliphatic hydroxyl groups excluding tert-OH is 1. The number of ether oxygens (including phenoxy) is 2. The van der Waals surface area contributed by atoms with Gasteiger partial charge in [-0.15, -0.1) is 0 Å². The Labute approximate surface area is 170 Å². The van der Waals surface area contributed by atoms with E-state index >= 15 is 0 Å². The molecule has 0 saturated carbocycles. The molecule has 2 aromatic carbocycles. The Bertz CT molecular complexity index is 978. The first-order valence-corrected chi connectivity index (χ1v) is 9.23. The smallest absolute Gasteiger partial charge is 0.342 e. The van der Waals surface area contributed by atoms with Crippen molar-refractivity contribution in [3.8, 4) is 11.5 Å². The zero-order valence-corrected chi connectivity index (χ0v) is 17.2. The van der Waals surface area contributed by atoms with Crippen LogP contribution in [0.2, 0.25) is 0 Å². The third-order valence-corrected chi connectivity index (χ3v) is 4.78. The number of carbonyl (C=O) groups excluding carboxylic acids is 1. The Morgan fingerprint density at radius 2 is 1.76 bits per heavy atom. The van der Waals surface area contributed by atoms with Gasteiger partial charge >= 0.3 is 6.03 Å². The lowest BCUT2D eigenvalue weighted by Crippen LogP contribution is -2.33. The Morgan fingerprint density at radius 1 is 1.14 bits per heavy atom. The van der Waals surface area contributed by atoms with E-state index in [1.54, 1.807) is 28.2 Å². The summed E-state index contributed by atoms with van der Waals surface area (Å²) in [6.07, 6.45) is 1.32. The van der Waals surface area contributed by atoms with Gasteiger partial charge in [0.05, 0.1) is 26.0 Å². The van der Waals surface area contributed by atoms with Crippen LogP contribution in [0, 0.1) is 0 Å². The summed E-state index contributed by atoms with van der Waals surface area (Å²) in [5, 5.41) is 18.4. The molecule has 1 atom stereocenters. The molecular formula is C22H25N3O4. The molecule has 1 aliphatic rings. The second kappa shape index (κ2) is 8.36. The van der Waals surface area contributed by atoms with Crippen molar-refractivity contribution in [2.75, 3.05) is 21.3 Å². The van der Waals surface area contributed by atoms with Crippen LogP contribution in [-0.2, 0) is 0 Å². The van der Waals surface area contributed by atoms with E-state index in [0.29, 0.717) is 22.9 Å². The molecule has 0 fully saturated rings. The molecule has 29 heavy (non-hydrogen) atoms. The van der Waals surface area contributed by atoms with Crippen LogP contribution in [0.5, 0.6) is 11.5 Å². The van der Waals surface area contributed by atoms with E-state index in [2.05, 4.69) is 10.4 Å². The number of hydrazone groups is 1. The van der Waals surface area contributed by atoms with E-state index in [-0.39, 0.29) is 6.03 Å². The lowest BCUT2D eigenvalue weighted by atomic mass is 9.95. The maximum Gasteiger partial charge on any atom is 0.342 e. The zero-order chi connectivity index (χ0) is 21.1. The molecule has 2 N–H and O–H groups in total. The first-order valence-electron chi connectivity index (χ1n) is 9.23. The maximum absolute atomic E-state index is 12.4. The van der Waals surface area contributed by atoms with Crippen LogP contribution in [0.1, 0.15) is 42.2 Å². The number of methoxy groups -OCH3 is 2. The van der Waals surface area contributed by atoms with E-state index in [1.807, 2.05) is 49.4 Å². The summed E-state index contributed by atoms with van der Waals surface area (Å²) in [5.41, 5.74) is 4.53. The molecule has 0 aliphatic carbocycles. The van der Waals surface area contributed by atoms with E-state index < -0.39 is 6.10 Å². The predicted molar refractivity (Wildman–Crippen MR) is 112 cm³/mol. The Morgan fingerprint density at radius 3 is 2.31 bits per heavy atom. The summed E-state index contributed by atoms with van der Waals surface area (Å²) in [6, 6.07) is 10.8. The number of urea groups is 1. The first-order chi connectivity index (χ1) is 13.9. The summed E-state index contributed by atoms with van der Waals surface area (Å²) in [4.78, 5) is 12.4. The molecule has 0 saturated heterocycles. The second-order valence-corrected chi connectivity index (χ2v) is 6.69. The van der Waals surface area contributed by atoms with Crippen LogP contribution >= 0.6 is 0 Å². The van der Waals surface area contributed by atoms with Gasteiger partial charge in [0.2, 0.25) is 0 Å². The largest absolute Gasteiger partial charge is 0.493 e. The van der Waals surface area contributed by atoms with Gasteiger partial charge in [0.25, 0.3) is 0 Å². The molecule has 2 aromatic rings. The van der Waals surface area contributed by atoms with Crippen LogP contribution in [0.25, 0.3) is 6.08 Å². The summed E-state index contributed by atoms with van der Waals surface area (Å²) >= 11 is 0. The second-order valence-electron chi connectivity index (χ2n) is 6.69. The molecule has 1 aliphatic heterocycles. The van der Waals surface area contributed by atoms with Crippen molar-refractivity contribution in [1.29, 1.82) is 0 Å². The van der Waals surface area contributed by atoms with Crippen molar-refractivity contribution < 1.29 is 19.4 Å². The molecule has 2 amide bonds. The third kappa shape index (κ3) is 3.95. The number of hydrogen-bond donors (Lipinski definition) is 2. The molecule has 0 radical (unpaired) electrons. The van der Waals surface area contributed by atoms with Gasteiger partial charge in [0, 0.05) is 23.9 Å². The highest BCUT2D eigenvalue weighted by Gasteiger charge is 2.24. The van der Waals surface area contributed by atoms with Gasteiger partial charge in [-0.2, -0.15) is 10.1 Å². The SMILES string of the molecule is CNC(=O)N1N=C(c2ccc(C(C)O)cc2)c2cc(OC)c(OC)cc2C=C1C. The van der Waals surface area contributed by atoms with Crippen molar-refractivity contribution in [3.63, 3.8) is 0 Å². The highest BCUT2D eigenvalue weighted by molar-refractivity contribution is 6.16. The number of allylic oxidation sites excluding steroid dienone is 1. The van der Waals surface area contributed by atoms with Gasteiger partial charge in [0.1, 0.15) is 0 Å². The molecular weight excluding hydrogens is 370 g/mol. The quantitative estimate of drug-likeness (QED) is 0.830. The molecule has 1 unspecified atom stereocenters. The van der Waals surface area contributed by atoms with Gasteiger partial charge < -0.3 is 19.9 Å². The normalized spacial score (nSPS) is 14.2. The van der Waals surface area contributed by atoms with Crippen molar-refractivity contribution >= 4 is 17.8 Å². The topological polar surface area (TPSA) is 83.4 Å². The monoisotopic (exact) mass is 395 g/mol. The number of hydrogen-bond acceptors (Lipinski definition) is 5. The molecule has 1 heterocycles. The van der Waals surface area contributed by atoms with Crippen LogP contribution in [-0.4, -0.2) is 43.1 Å². The van der Waals surface area contributed by atoms with Crippen molar-refractivity contribution in [3.05, 3.63) is 64.3 Å². The fraction of sp³-hybridized carbons (Fsp3) is 0.273. The van der Waals surface area contributed by atoms with Gasteiger partial charge in [-0.1, -0.05) is 24.3 Å². The first kappa shape index (κ1) is 20.4. The third-order valence-electron chi connectivity index (χ3n) is 4.78. The number of carbonyl (C=O) groups is 1. The molecule has 3 rings (SSSR count). The van der Waals surface area contributed by atoms with Gasteiger partial charge in [-0.25, -0.2) is 4.79 Å². The van der Waals surface area contributed by atoms with Crippen molar-refractivity contribution in [2.24, 2.45) is 5.10 Å². The fourth-order valence-corrected chi connectivity index (χ4v) is 3.18. The standard InChI is InChI=1S/C22H25N3O4/c1-13-10-17-11-19(28-4)20(29-5)12-18(17)21(24-25(13)22(27)23-3)16-8-6-15(7-9-16)14(2)26/h6-12,14,26H,1-5H3,(H,23,27). The number of amides is 2. The van der Waals surface area contributed by atoms with Gasteiger partial charge in [-0.05, 0) is 43.2 Å². The zero-order valence-electron chi connectivity index (χ0n) is 17.2. The van der Waals surface area contributed by atoms with Gasteiger partial charge in [0.15, 0.2) is 11.5 Å². The molecule has 0 spiro atoms. The minimum atomic E-state index is -0.567. The minimum Gasteiger partial charge on any atom is -0.493 e. The fourth-order valence-electron chi connectivity index (χ4n) is 3.18. The number of nitrogens with one attached hydrogen (secondary N) is 1. The Hall–Kier alpha value is -3.32. The molecule has 0 aromatic heterocycles. The highest BCUT2D eigenvalue weighted by Crippen LogP contribution is 2.35. The van der Waals surface area contributed by atoms with E-state index in [4.69, 9.17) is 9.47 Å². The molecule has 7 heteroatoms. The van der Waals surface area contributed by atoms with Crippen molar-refractivity contribution in [2.45, 2.75) is 20.0 Å². The summed E-state index contributed by atoms with van der Waals surface area (Å²) < 4.78 is 10.9. The van der Waals surface area contributed by atoms with Crippen LogP contribution < -0.4 is 14.8 Å². The Balaban J connectivity index is 2.25. The van der Waals surface area contributed by atoms with Crippen LogP contribution in [0.4, 0.5) is 4.79 Å². The lowest BCUT2D eigenvalue weighted by molar-refractivity contribution is 0.199. The predicted octanol–water partition coefficient (Wildman–Crippen LogP) is 3.53. The van der Waals surface area contributed by atoms with E-state index in [1.165, 1.54) is 5.01 Å². The summed E-state index contributed by atoms with van der Waals surface area (Å²) in [7, 11) is 4.72. The summed E-state index contributed by atoms with van der Waals surface area (Å²) in [5.74, 6) is 1.16. The molecule has 152 valence electrons. The maximum atomic E-state index is 12.4. The number of fused-ring (bicyclic) bond motifs is 1. The number of nitrogens with zero attached hydrogens (tertiary/aromatic N) is 2. The lowest BCUT2D eigenvalue weighted by Gasteiger charge is -2.18. The Kier molecular flexibility index (Phi) is 5.89. The minimum absolute atomic E-state index is 0.344. The highest BCUT2D eigenvalue weighted by atomic mass is 16.5. The molecule has 7 nitrogen and oxygen atoms in total. The van der Waals surface area contributed by atoms with E-state index in [9.17, 15) is 9.90 Å². The number of aliphatic hydroxyl groups is 1. The summed E-state index contributed by atoms with van der Waals surface area (Å²) in [6.45, 7) is 3.53. The number of benzene rings is 2. The van der Waals surface area contributed by atoms with Crippen LogP contribution in [0.15, 0.2) is 47.2 Å². The average Bonchev–Trinajstić information content (AvgIpc) is 2.87. The van der Waals surface area contributed by atoms with Crippen LogP contribution in [0.3, 0.4) is 0 Å².